The highest BCUT2D eigenvalue weighted by Crippen LogP contribution is 2.22. The van der Waals surface area contributed by atoms with Gasteiger partial charge in [0, 0.05) is 18.2 Å². The number of hydrazine groups is 1. The molecule has 0 bridgehead atoms. The maximum absolute atomic E-state index is 11.1. The zero-order chi connectivity index (χ0) is 10.7. The third-order valence-electron chi connectivity index (χ3n) is 2.74. The Morgan fingerprint density at radius 3 is 3.00 bits per heavy atom. The van der Waals surface area contributed by atoms with E-state index in [2.05, 4.69) is 4.83 Å². The van der Waals surface area contributed by atoms with Crippen LogP contribution in [0.25, 0.3) is 0 Å². The molecule has 1 amide bonds. The molecule has 0 saturated carbocycles. The molecule has 1 fully saturated rings. The van der Waals surface area contributed by atoms with Gasteiger partial charge in [0.25, 0.3) is 0 Å². The molecule has 1 saturated heterocycles. The monoisotopic (exact) mass is 229 g/mol. The number of hydrogen-bond acceptors (Lipinski definition) is 4. The fourth-order valence-corrected chi connectivity index (χ4v) is 2.54. The third kappa shape index (κ3) is 2.38. The lowest BCUT2D eigenvalue weighted by Crippen LogP contribution is -2.50. The first-order valence-electron chi connectivity index (χ1n) is 5.15. The minimum atomic E-state index is -0.825. The number of rotatable bonds is 1. The van der Waals surface area contributed by atoms with Crippen LogP contribution in [0.5, 0.6) is 0 Å². The van der Waals surface area contributed by atoms with Crippen LogP contribution in [0.15, 0.2) is 11.6 Å². The lowest BCUT2D eigenvalue weighted by Gasteiger charge is -2.33. The normalized spacial score (nSPS) is 26.8. The number of nitrogens with one attached hydrogen (secondary N) is 1. The summed E-state index contributed by atoms with van der Waals surface area (Å²) >= 11 is 1.47. The highest BCUT2D eigenvalue weighted by Gasteiger charge is 2.29. The molecule has 0 radical (unpaired) electrons. The van der Waals surface area contributed by atoms with E-state index in [0.717, 1.165) is 25.7 Å². The van der Waals surface area contributed by atoms with Gasteiger partial charge in [-0.2, -0.15) is 4.83 Å². The Hall–Kier alpha value is -0.880. The molecule has 5 nitrogen and oxygen atoms in total. The fourth-order valence-electron chi connectivity index (χ4n) is 1.98. The van der Waals surface area contributed by atoms with Gasteiger partial charge in [0.2, 0.25) is 0 Å². The molecule has 2 aliphatic rings. The molecular weight excluding hydrogens is 214 g/mol. The van der Waals surface area contributed by atoms with Gasteiger partial charge in [0.15, 0.2) is 0 Å². The van der Waals surface area contributed by atoms with Crippen LogP contribution in [0.2, 0.25) is 0 Å². The van der Waals surface area contributed by atoms with Crippen molar-refractivity contribution in [2.75, 3.05) is 6.54 Å². The predicted molar refractivity (Wildman–Crippen MR) is 58.7 cm³/mol. The Labute approximate surface area is 93.2 Å². The standard InChI is InChI=1S/C9H15N3O2S/c13-9(14)11-5-3-1-2-4-8(11)12-6-7-15-10-12/h6-8,10H,1-5H2,(H,13,14). The van der Waals surface area contributed by atoms with Crippen molar-refractivity contribution in [3.63, 3.8) is 0 Å². The molecule has 1 unspecified atom stereocenters. The van der Waals surface area contributed by atoms with Crippen molar-refractivity contribution in [3.8, 4) is 0 Å². The Kier molecular flexibility index (Phi) is 3.37. The molecule has 2 heterocycles. The van der Waals surface area contributed by atoms with Crippen molar-refractivity contribution in [2.24, 2.45) is 0 Å². The lowest BCUT2D eigenvalue weighted by atomic mass is 10.2. The second kappa shape index (κ2) is 4.76. The molecular formula is C9H15N3O2S. The van der Waals surface area contributed by atoms with Gasteiger partial charge in [-0.1, -0.05) is 6.42 Å². The fraction of sp³-hybridized carbons (Fsp3) is 0.667. The summed E-state index contributed by atoms with van der Waals surface area (Å²) in [6.45, 7) is 0.636. The second-order valence-corrected chi connectivity index (χ2v) is 4.40. The molecule has 0 spiro atoms. The van der Waals surface area contributed by atoms with Crippen LogP contribution in [0.1, 0.15) is 25.7 Å². The summed E-state index contributed by atoms with van der Waals surface area (Å²) in [5.74, 6) is 0. The summed E-state index contributed by atoms with van der Waals surface area (Å²) in [6, 6.07) is 0. The van der Waals surface area contributed by atoms with E-state index < -0.39 is 6.09 Å². The summed E-state index contributed by atoms with van der Waals surface area (Å²) in [5, 5.41) is 12.9. The second-order valence-electron chi connectivity index (χ2n) is 3.71. The molecule has 0 aromatic heterocycles. The van der Waals surface area contributed by atoms with Crippen molar-refractivity contribution < 1.29 is 9.90 Å². The van der Waals surface area contributed by atoms with Crippen molar-refractivity contribution in [2.45, 2.75) is 31.8 Å². The minimum absolute atomic E-state index is 0.0590. The number of carbonyl (C=O) groups is 1. The third-order valence-corrected chi connectivity index (χ3v) is 3.31. The van der Waals surface area contributed by atoms with Crippen LogP contribution in [0.3, 0.4) is 0 Å². The molecule has 0 aliphatic carbocycles. The van der Waals surface area contributed by atoms with Gasteiger partial charge >= 0.3 is 6.09 Å². The van der Waals surface area contributed by atoms with Crippen LogP contribution in [-0.4, -0.2) is 33.8 Å². The Balaban J connectivity index is 2.08. The van der Waals surface area contributed by atoms with Crippen molar-refractivity contribution >= 4 is 18.0 Å². The van der Waals surface area contributed by atoms with Crippen molar-refractivity contribution in [1.82, 2.24) is 14.7 Å². The maximum Gasteiger partial charge on any atom is 0.408 e. The molecule has 1 atom stereocenters. The van der Waals surface area contributed by atoms with Gasteiger partial charge in [0.1, 0.15) is 6.17 Å². The molecule has 6 heteroatoms. The highest BCUT2D eigenvalue weighted by molar-refractivity contribution is 8.00. The summed E-state index contributed by atoms with van der Waals surface area (Å²) in [4.78, 5) is 15.7. The van der Waals surface area contributed by atoms with E-state index in [1.165, 1.54) is 16.8 Å². The first-order valence-corrected chi connectivity index (χ1v) is 6.03. The van der Waals surface area contributed by atoms with Gasteiger partial charge < -0.3 is 5.11 Å². The average molecular weight is 229 g/mol. The van der Waals surface area contributed by atoms with E-state index in [-0.39, 0.29) is 6.17 Å². The minimum Gasteiger partial charge on any atom is -0.465 e. The lowest BCUT2D eigenvalue weighted by molar-refractivity contribution is 0.0623. The van der Waals surface area contributed by atoms with Gasteiger partial charge in [-0.05, 0) is 31.2 Å². The van der Waals surface area contributed by atoms with E-state index in [1.54, 1.807) is 0 Å². The van der Waals surface area contributed by atoms with E-state index >= 15 is 0 Å². The van der Waals surface area contributed by atoms with Crippen molar-refractivity contribution in [3.05, 3.63) is 11.6 Å². The van der Waals surface area contributed by atoms with E-state index in [0.29, 0.717) is 6.54 Å². The molecule has 15 heavy (non-hydrogen) atoms. The van der Waals surface area contributed by atoms with Crippen LogP contribution < -0.4 is 4.83 Å². The van der Waals surface area contributed by atoms with Crippen LogP contribution in [-0.2, 0) is 0 Å². The first-order chi connectivity index (χ1) is 7.29. The maximum atomic E-state index is 11.1. The Bertz CT molecular complexity index is 272. The highest BCUT2D eigenvalue weighted by atomic mass is 32.2. The molecule has 84 valence electrons. The molecule has 0 aromatic carbocycles. The number of carboxylic acid groups (broad SMARTS) is 1. The SMILES string of the molecule is O=C(O)N1CCCCCC1N1C=CSN1. The smallest absolute Gasteiger partial charge is 0.408 e. The predicted octanol–water partition coefficient (Wildman–Crippen LogP) is 1.81. The molecule has 0 aromatic rings. The summed E-state index contributed by atoms with van der Waals surface area (Å²) in [7, 11) is 0. The topological polar surface area (TPSA) is 55.8 Å². The number of hydrogen-bond donors (Lipinski definition) is 2. The van der Waals surface area contributed by atoms with Gasteiger partial charge in [-0.25, -0.2) is 4.79 Å². The van der Waals surface area contributed by atoms with Crippen LogP contribution in [0, 0.1) is 0 Å². The number of amides is 1. The molecule has 2 aliphatic heterocycles. The molecule has 2 rings (SSSR count). The van der Waals surface area contributed by atoms with Crippen molar-refractivity contribution in [1.29, 1.82) is 0 Å². The van der Waals surface area contributed by atoms with Crippen LogP contribution in [0.4, 0.5) is 4.79 Å². The van der Waals surface area contributed by atoms with Gasteiger partial charge in [-0.3, -0.25) is 9.91 Å². The summed E-state index contributed by atoms with van der Waals surface area (Å²) in [6.07, 6.45) is 5.08. The zero-order valence-electron chi connectivity index (χ0n) is 8.43. The van der Waals surface area contributed by atoms with E-state index in [1.807, 2.05) is 16.6 Å². The van der Waals surface area contributed by atoms with E-state index in [4.69, 9.17) is 5.11 Å². The molecule has 2 N–H and O–H groups in total. The number of likely N-dealkylation sites (tertiary alicyclic amines) is 1. The first kappa shape index (κ1) is 10.6. The quantitative estimate of drug-likeness (QED) is 0.672. The van der Waals surface area contributed by atoms with Crippen LogP contribution >= 0.6 is 11.9 Å². The Morgan fingerprint density at radius 1 is 1.47 bits per heavy atom. The zero-order valence-corrected chi connectivity index (χ0v) is 9.24. The largest absolute Gasteiger partial charge is 0.465 e. The van der Waals surface area contributed by atoms with E-state index in [9.17, 15) is 4.79 Å². The Morgan fingerprint density at radius 2 is 2.33 bits per heavy atom. The number of nitrogens with zero attached hydrogens (tertiary/aromatic N) is 2. The van der Waals surface area contributed by atoms with Gasteiger partial charge in [0.05, 0.1) is 0 Å². The summed E-state index contributed by atoms with van der Waals surface area (Å²) < 4.78 is 0. The van der Waals surface area contributed by atoms with Gasteiger partial charge in [-0.15, -0.1) is 0 Å². The summed E-state index contributed by atoms with van der Waals surface area (Å²) in [5.41, 5.74) is 0. The average Bonchev–Trinajstić information content (AvgIpc) is 2.61.